The fourth-order valence-corrected chi connectivity index (χ4v) is 3.51. The minimum absolute atomic E-state index is 0.0893. The number of nitrogens with two attached hydrogens (primary N) is 1. The highest BCUT2D eigenvalue weighted by Gasteiger charge is 2.23. The molecule has 1 saturated heterocycles. The van der Waals surface area contributed by atoms with Crippen LogP contribution in [0.3, 0.4) is 0 Å². The number of nitrogen functional groups attached to an aromatic ring is 1. The lowest BCUT2D eigenvalue weighted by Gasteiger charge is -2.26. The second kappa shape index (κ2) is 6.96. The van der Waals surface area contributed by atoms with Crippen LogP contribution in [0.1, 0.15) is 24.6 Å². The molecular weight excluding hydrogens is 346 g/mol. The standard InChI is InChI=1S/C19H21N5O3/c1-11-14-8-15(12-5-6-16(26-2)21-9-12)18(25)24(13-4-3-7-27-10-13)17(14)23-19(20)22-11/h5-6,8-9,13H,3-4,7,10H2,1-2H3,(H2,20,22,23). The van der Waals surface area contributed by atoms with Gasteiger partial charge in [0.25, 0.3) is 5.56 Å². The molecule has 8 nitrogen and oxygen atoms in total. The van der Waals surface area contributed by atoms with Crippen molar-refractivity contribution in [3.8, 4) is 17.0 Å². The molecule has 0 aliphatic carbocycles. The monoisotopic (exact) mass is 367 g/mol. The van der Waals surface area contributed by atoms with Crippen molar-refractivity contribution in [1.82, 2.24) is 19.5 Å². The first-order valence-corrected chi connectivity index (χ1v) is 8.86. The Hall–Kier alpha value is -3.00. The zero-order chi connectivity index (χ0) is 19.0. The molecule has 140 valence electrons. The fraction of sp³-hybridized carbons (Fsp3) is 0.368. The van der Waals surface area contributed by atoms with Crippen LogP contribution in [-0.4, -0.2) is 39.8 Å². The van der Waals surface area contributed by atoms with Crippen LogP contribution in [0, 0.1) is 6.92 Å². The topological polar surface area (TPSA) is 105 Å². The maximum absolute atomic E-state index is 13.4. The Kier molecular flexibility index (Phi) is 4.49. The average Bonchev–Trinajstić information content (AvgIpc) is 2.68. The second-order valence-electron chi connectivity index (χ2n) is 6.60. The van der Waals surface area contributed by atoms with E-state index < -0.39 is 0 Å². The van der Waals surface area contributed by atoms with Crippen LogP contribution in [-0.2, 0) is 4.74 Å². The van der Waals surface area contributed by atoms with Crippen LogP contribution in [0.25, 0.3) is 22.2 Å². The van der Waals surface area contributed by atoms with Crippen molar-refractivity contribution in [3.05, 3.63) is 40.4 Å². The van der Waals surface area contributed by atoms with Crippen molar-refractivity contribution in [2.24, 2.45) is 0 Å². The average molecular weight is 367 g/mol. The summed E-state index contributed by atoms with van der Waals surface area (Å²) in [4.78, 5) is 26.3. The van der Waals surface area contributed by atoms with Crippen molar-refractivity contribution >= 4 is 17.0 Å². The van der Waals surface area contributed by atoms with E-state index in [-0.39, 0.29) is 17.5 Å². The number of nitrogens with zero attached hydrogens (tertiary/aromatic N) is 4. The minimum Gasteiger partial charge on any atom is -0.481 e. The van der Waals surface area contributed by atoms with E-state index in [2.05, 4.69) is 15.0 Å². The molecule has 27 heavy (non-hydrogen) atoms. The van der Waals surface area contributed by atoms with E-state index in [0.717, 1.165) is 23.9 Å². The Morgan fingerprint density at radius 2 is 2.19 bits per heavy atom. The summed E-state index contributed by atoms with van der Waals surface area (Å²) in [6, 6.07) is 5.28. The first kappa shape index (κ1) is 17.4. The molecule has 0 spiro atoms. The van der Waals surface area contributed by atoms with Gasteiger partial charge in [-0.25, -0.2) is 9.97 Å². The predicted molar refractivity (Wildman–Crippen MR) is 102 cm³/mol. The SMILES string of the molecule is COc1ccc(-c2cc3c(C)nc(N)nc3n(C3CCCOC3)c2=O)cn1. The first-order chi connectivity index (χ1) is 13.1. The molecule has 4 rings (SSSR count). The lowest BCUT2D eigenvalue weighted by atomic mass is 10.0. The number of pyridine rings is 2. The molecule has 3 aromatic heterocycles. The maximum Gasteiger partial charge on any atom is 0.260 e. The Morgan fingerprint density at radius 1 is 1.33 bits per heavy atom. The smallest absolute Gasteiger partial charge is 0.260 e. The van der Waals surface area contributed by atoms with Crippen LogP contribution < -0.4 is 16.0 Å². The van der Waals surface area contributed by atoms with Crippen LogP contribution >= 0.6 is 0 Å². The normalized spacial score (nSPS) is 17.2. The number of aromatic nitrogens is 4. The lowest BCUT2D eigenvalue weighted by Crippen LogP contribution is -2.32. The van der Waals surface area contributed by atoms with Gasteiger partial charge in [0, 0.05) is 35.4 Å². The van der Waals surface area contributed by atoms with Crippen molar-refractivity contribution in [2.75, 3.05) is 26.1 Å². The summed E-state index contributed by atoms with van der Waals surface area (Å²) in [6.07, 6.45) is 3.38. The number of hydrogen-bond acceptors (Lipinski definition) is 7. The van der Waals surface area contributed by atoms with Gasteiger partial charge in [-0.3, -0.25) is 9.36 Å². The number of fused-ring (bicyclic) bond motifs is 1. The molecule has 3 aromatic rings. The van der Waals surface area contributed by atoms with Crippen LogP contribution in [0.5, 0.6) is 5.88 Å². The summed E-state index contributed by atoms with van der Waals surface area (Å²) in [7, 11) is 1.55. The molecule has 1 fully saturated rings. The highest BCUT2D eigenvalue weighted by atomic mass is 16.5. The van der Waals surface area contributed by atoms with E-state index >= 15 is 0 Å². The van der Waals surface area contributed by atoms with E-state index in [1.807, 2.05) is 19.1 Å². The summed E-state index contributed by atoms with van der Waals surface area (Å²) in [6.45, 7) is 3.05. The number of hydrogen-bond donors (Lipinski definition) is 1. The molecule has 8 heteroatoms. The third-order valence-corrected chi connectivity index (χ3v) is 4.86. The number of anilines is 1. The summed E-state index contributed by atoms with van der Waals surface area (Å²) in [5, 5.41) is 0.792. The quantitative estimate of drug-likeness (QED) is 0.756. The van der Waals surface area contributed by atoms with Gasteiger partial charge in [0.15, 0.2) is 0 Å². The summed E-state index contributed by atoms with van der Waals surface area (Å²) < 4.78 is 12.4. The summed E-state index contributed by atoms with van der Waals surface area (Å²) in [5.74, 6) is 0.650. The molecule has 0 aromatic carbocycles. The molecular formula is C19H21N5O3. The minimum atomic E-state index is -0.137. The number of rotatable bonds is 3. The Morgan fingerprint density at radius 3 is 2.85 bits per heavy atom. The van der Waals surface area contributed by atoms with E-state index in [1.165, 1.54) is 0 Å². The van der Waals surface area contributed by atoms with Gasteiger partial charge in [-0.1, -0.05) is 0 Å². The van der Waals surface area contributed by atoms with Gasteiger partial charge in [0.05, 0.1) is 25.5 Å². The van der Waals surface area contributed by atoms with Gasteiger partial charge in [0.1, 0.15) is 5.65 Å². The molecule has 0 bridgehead atoms. The van der Waals surface area contributed by atoms with Crippen molar-refractivity contribution < 1.29 is 9.47 Å². The predicted octanol–water partition coefficient (Wildman–Crippen LogP) is 2.10. The largest absolute Gasteiger partial charge is 0.481 e. The molecule has 4 heterocycles. The summed E-state index contributed by atoms with van der Waals surface area (Å²) >= 11 is 0. The van der Waals surface area contributed by atoms with Crippen LogP contribution in [0.15, 0.2) is 29.2 Å². The number of ether oxygens (including phenoxy) is 2. The van der Waals surface area contributed by atoms with Gasteiger partial charge < -0.3 is 15.2 Å². The first-order valence-electron chi connectivity index (χ1n) is 8.86. The zero-order valence-electron chi connectivity index (χ0n) is 15.3. The second-order valence-corrected chi connectivity index (χ2v) is 6.60. The maximum atomic E-state index is 13.4. The lowest BCUT2D eigenvalue weighted by molar-refractivity contribution is 0.0594. The van der Waals surface area contributed by atoms with E-state index in [1.54, 1.807) is 23.9 Å². The highest BCUT2D eigenvalue weighted by molar-refractivity contribution is 5.84. The highest BCUT2D eigenvalue weighted by Crippen LogP contribution is 2.27. The van der Waals surface area contributed by atoms with Crippen molar-refractivity contribution in [2.45, 2.75) is 25.8 Å². The van der Waals surface area contributed by atoms with Crippen molar-refractivity contribution in [3.63, 3.8) is 0 Å². The molecule has 2 N–H and O–H groups in total. The number of methoxy groups -OCH3 is 1. The molecule has 0 radical (unpaired) electrons. The van der Waals surface area contributed by atoms with Gasteiger partial charge >= 0.3 is 0 Å². The van der Waals surface area contributed by atoms with Gasteiger partial charge in [-0.2, -0.15) is 4.98 Å². The Balaban J connectivity index is 1.99. The number of aryl methyl sites for hydroxylation is 1. The van der Waals surface area contributed by atoms with Crippen LogP contribution in [0.2, 0.25) is 0 Å². The van der Waals surface area contributed by atoms with Crippen molar-refractivity contribution in [1.29, 1.82) is 0 Å². The molecule has 0 saturated carbocycles. The fourth-order valence-electron chi connectivity index (χ4n) is 3.51. The zero-order valence-corrected chi connectivity index (χ0v) is 15.3. The third kappa shape index (κ3) is 3.12. The van der Waals surface area contributed by atoms with E-state index in [9.17, 15) is 4.79 Å². The molecule has 0 amide bonds. The van der Waals surface area contributed by atoms with Gasteiger partial charge in [-0.15, -0.1) is 0 Å². The van der Waals surface area contributed by atoms with E-state index in [4.69, 9.17) is 15.2 Å². The van der Waals surface area contributed by atoms with Crippen LogP contribution in [0.4, 0.5) is 5.95 Å². The molecule has 1 aliphatic heterocycles. The van der Waals surface area contributed by atoms with Gasteiger partial charge in [-0.05, 0) is 31.9 Å². The molecule has 1 aliphatic rings. The Bertz CT molecular complexity index is 1040. The molecule has 1 atom stereocenters. The third-order valence-electron chi connectivity index (χ3n) is 4.86. The van der Waals surface area contributed by atoms with E-state index in [0.29, 0.717) is 35.9 Å². The molecule has 1 unspecified atom stereocenters. The Labute approximate surface area is 156 Å². The van der Waals surface area contributed by atoms with Gasteiger partial charge in [0.2, 0.25) is 11.8 Å². The summed E-state index contributed by atoms with van der Waals surface area (Å²) in [5.41, 5.74) is 8.25.